The molecule has 18 heavy (non-hydrogen) atoms. The fourth-order valence-corrected chi connectivity index (χ4v) is 4.15. The number of hydrogen-bond acceptors (Lipinski definition) is 5. The van der Waals surface area contributed by atoms with E-state index < -0.39 is 9.84 Å². The Morgan fingerprint density at radius 3 is 3.00 bits per heavy atom. The van der Waals surface area contributed by atoms with Gasteiger partial charge in [-0.2, -0.15) is 0 Å². The second kappa shape index (κ2) is 5.84. The number of hydrogen-bond donors (Lipinski definition) is 1. The van der Waals surface area contributed by atoms with E-state index >= 15 is 0 Å². The highest BCUT2D eigenvalue weighted by atomic mass is 32.2. The summed E-state index contributed by atoms with van der Waals surface area (Å²) in [4.78, 5) is 4.32. The Hall–Kier alpha value is -0.880. The minimum atomic E-state index is -2.95. The van der Waals surface area contributed by atoms with Gasteiger partial charge in [-0.1, -0.05) is 6.42 Å². The predicted octanol–water partition coefficient (Wildman–Crippen LogP) is 1.08. The number of aryl methyl sites for hydroxylation is 1. The van der Waals surface area contributed by atoms with Crippen molar-refractivity contribution in [3.05, 3.63) is 17.8 Å². The topological polar surface area (TPSA) is 86.2 Å². The lowest BCUT2D eigenvalue weighted by atomic mass is 10.1. The quantitative estimate of drug-likeness (QED) is 0.866. The zero-order valence-electron chi connectivity index (χ0n) is 10.5. The van der Waals surface area contributed by atoms with Crippen LogP contribution in [0.4, 0.5) is 0 Å². The highest BCUT2D eigenvalue weighted by Crippen LogP contribution is 2.22. The lowest BCUT2D eigenvalue weighted by Crippen LogP contribution is -2.30. The van der Waals surface area contributed by atoms with E-state index in [0.29, 0.717) is 24.6 Å². The fourth-order valence-electron chi connectivity index (χ4n) is 2.29. The minimum absolute atomic E-state index is 0.304. The summed E-state index contributed by atoms with van der Waals surface area (Å²) < 4.78 is 29.1. The number of sulfone groups is 1. The van der Waals surface area contributed by atoms with Crippen LogP contribution in [0.2, 0.25) is 0 Å². The van der Waals surface area contributed by atoms with Crippen LogP contribution in [0.1, 0.15) is 37.3 Å². The van der Waals surface area contributed by atoms with Crippen LogP contribution in [0, 0.1) is 0 Å². The molecule has 1 fully saturated rings. The maximum absolute atomic E-state index is 11.9. The lowest BCUT2D eigenvalue weighted by molar-refractivity contribution is 0.466. The van der Waals surface area contributed by atoms with Crippen molar-refractivity contribution in [3.8, 4) is 0 Å². The minimum Gasteiger partial charge on any atom is -0.449 e. The molecule has 0 spiro atoms. The van der Waals surface area contributed by atoms with Gasteiger partial charge < -0.3 is 10.2 Å². The van der Waals surface area contributed by atoms with Crippen molar-refractivity contribution in [1.82, 2.24) is 4.98 Å². The van der Waals surface area contributed by atoms with E-state index in [1.165, 1.54) is 0 Å². The molecule has 0 saturated carbocycles. The Bertz CT molecular complexity index is 481. The SMILES string of the molecule is NCCCc1coc(CC2CCCCS2(=O)=O)n1. The summed E-state index contributed by atoms with van der Waals surface area (Å²) in [5.74, 6) is 0.843. The first-order chi connectivity index (χ1) is 8.62. The number of nitrogens with zero attached hydrogens (tertiary/aromatic N) is 1. The Morgan fingerprint density at radius 1 is 1.44 bits per heavy atom. The first kappa shape index (κ1) is 13.5. The molecule has 0 radical (unpaired) electrons. The van der Waals surface area contributed by atoms with E-state index in [2.05, 4.69) is 4.98 Å². The molecule has 1 atom stereocenters. The number of rotatable bonds is 5. The molecule has 1 aromatic rings. The molecule has 0 aromatic carbocycles. The van der Waals surface area contributed by atoms with Crippen molar-refractivity contribution >= 4 is 9.84 Å². The van der Waals surface area contributed by atoms with Crippen LogP contribution in [0.5, 0.6) is 0 Å². The van der Waals surface area contributed by atoms with Crippen molar-refractivity contribution in [3.63, 3.8) is 0 Å². The van der Waals surface area contributed by atoms with Crippen LogP contribution in [0.3, 0.4) is 0 Å². The van der Waals surface area contributed by atoms with E-state index in [0.717, 1.165) is 37.8 Å². The number of aromatic nitrogens is 1. The third-order valence-electron chi connectivity index (χ3n) is 3.35. The Balaban J connectivity index is 1.98. The number of nitrogens with two attached hydrogens (primary N) is 1. The van der Waals surface area contributed by atoms with Crippen molar-refractivity contribution in [2.45, 2.75) is 43.8 Å². The largest absolute Gasteiger partial charge is 0.449 e. The molecule has 5 nitrogen and oxygen atoms in total. The van der Waals surface area contributed by atoms with E-state index in [1.807, 2.05) is 0 Å². The molecule has 1 aliphatic heterocycles. The van der Waals surface area contributed by atoms with Crippen LogP contribution in [0.15, 0.2) is 10.7 Å². The van der Waals surface area contributed by atoms with Crippen LogP contribution in [-0.4, -0.2) is 30.9 Å². The van der Waals surface area contributed by atoms with E-state index in [4.69, 9.17) is 10.2 Å². The zero-order chi connectivity index (χ0) is 13.0. The molecular weight excluding hydrogens is 252 g/mol. The third kappa shape index (κ3) is 3.32. The molecule has 1 unspecified atom stereocenters. The molecule has 0 amide bonds. The lowest BCUT2D eigenvalue weighted by Gasteiger charge is -2.20. The molecule has 2 heterocycles. The van der Waals surface area contributed by atoms with Crippen LogP contribution in [0.25, 0.3) is 0 Å². The Labute approximate surface area is 108 Å². The van der Waals surface area contributed by atoms with Crippen molar-refractivity contribution < 1.29 is 12.8 Å². The fraction of sp³-hybridized carbons (Fsp3) is 0.750. The summed E-state index contributed by atoms with van der Waals surface area (Å²) in [6, 6.07) is 0. The van der Waals surface area contributed by atoms with Gasteiger partial charge >= 0.3 is 0 Å². The molecule has 1 aromatic heterocycles. The molecule has 1 saturated heterocycles. The van der Waals surface area contributed by atoms with Gasteiger partial charge in [0.25, 0.3) is 0 Å². The van der Waals surface area contributed by atoms with E-state index in [-0.39, 0.29) is 5.25 Å². The monoisotopic (exact) mass is 272 g/mol. The van der Waals surface area contributed by atoms with Gasteiger partial charge in [-0.25, -0.2) is 13.4 Å². The highest BCUT2D eigenvalue weighted by molar-refractivity contribution is 7.92. The van der Waals surface area contributed by atoms with Gasteiger partial charge in [0.05, 0.1) is 16.7 Å². The second-order valence-electron chi connectivity index (χ2n) is 4.81. The normalized spacial score (nSPS) is 23.1. The molecular formula is C12H20N2O3S. The molecule has 102 valence electrons. The standard InChI is InChI=1S/C12H20N2O3S/c13-6-3-4-10-9-17-12(14-10)8-11-5-1-2-7-18(11,15)16/h9,11H,1-8,13H2. The van der Waals surface area contributed by atoms with Gasteiger partial charge in [0.15, 0.2) is 15.7 Å². The summed E-state index contributed by atoms with van der Waals surface area (Å²) in [5.41, 5.74) is 6.29. The van der Waals surface area contributed by atoms with Crippen LogP contribution >= 0.6 is 0 Å². The zero-order valence-corrected chi connectivity index (χ0v) is 11.3. The van der Waals surface area contributed by atoms with Gasteiger partial charge in [-0.05, 0) is 32.2 Å². The Morgan fingerprint density at radius 2 is 2.28 bits per heavy atom. The van der Waals surface area contributed by atoms with Crippen molar-refractivity contribution in [2.24, 2.45) is 5.73 Å². The second-order valence-corrected chi connectivity index (χ2v) is 7.21. The van der Waals surface area contributed by atoms with Gasteiger partial charge in [0, 0.05) is 6.42 Å². The smallest absolute Gasteiger partial charge is 0.195 e. The first-order valence-corrected chi connectivity index (χ1v) is 8.18. The summed E-state index contributed by atoms with van der Waals surface area (Å²) in [6.45, 7) is 0.624. The molecule has 0 aliphatic carbocycles. The van der Waals surface area contributed by atoms with E-state index in [9.17, 15) is 8.42 Å². The Kier molecular flexibility index (Phi) is 4.40. The summed E-state index contributed by atoms with van der Waals surface area (Å²) in [5, 5.41) is -0.313. The number of oxazole rings is 1. The first-order valence-electron chi connectivity index (χ1n) is 6.47. The average molecular weight is 272 g/mol. The van der Waals surface area contributed by atoms with Crippen molar-refractivity contribution in [2.75, 3.05) is 12.3 Å². The molecule has 2 N–H and O–H groups in total. The summed E-state index contributed by atoms with van der Waals surface area (Å²) in [6.07, 6.45) is 6.16. The van der Waals surface area contributed by atoms with Crippen LogP contribution in [-0.2, 0) is 22.7 Å². The molecule has 1 aliphatic rings. The van der Waals surface area contributed by atoms with Gasteiger partial charge in [-0.15, -0.1) is 0 Å². The summed E-state index contributed by atoms with van der Waals surface area (Å²) in [7, 11) is -2.95. The molecule has 0 bridgehead atoms. The summed E-state index contributed by atoms with van der Waals surface area (Å²) >= 11 is 0. The maximum atomic E-state index is 11.9. The van der Waals surface area contributed by atoms with Gasteiger partial charge in [0.1, 0.15) is 6.26 Å². The van der Waals surface area contributed by atoms with Gasteiger partial charge in [0.2, 0.25) is 0 Å². The predicted molar refractivity (Wildman–Crippen MR) is 69.0 cm³/mol. The molecule has 6 heteroatoms. The van der Waals surface area contributed by atoms with E-state index in [1.54, 1.807) is 6.26 Å². The molecule has 2 rings (SSSR count). The highest BCUT2D eigenvalue weighted by Gasteiger charge is 2.30. The third-order valence-corrected chi connectivity index (χ3v) is 5.63. The van der Waals surface area contributed by atoms with Gasteiger partial charge in [-0.3, -0.25) is 0 Å². The maximum Gasteiger partial charge on any atom is 0.195 e. The van der Waals surface area contributed by atoms with Crippen molar-refractivity contribution in [1.29, 1.82) is 0 Å². The van der Waals surface area contributed by atoms with Crippen LogP contribution < -0.4 is 5.73 Å². The average Bonchev–Trinajstić information content (AvgIpc) is 2.77.